The second-order valence-corrected chi connectivity index (χ2v) is 5.89. The summed E-state index contributed by atoms with van der Waals surface area (Å²) >= 11 is 0. The third-order valence-electron chi connectivity index (χ3n) is 3.77. The monoisotopic (exact) mass is 400 g/mol. The Labute approximate surface area is 163 Å². The zero-order valence-electron chi connectivity index (χ0n) is 15.4. The molecule has 148 valence electrons. The second kappa shape index (κ2) is 10.7. The van der Waals surface area contributed by atoms with E-state index in [2.05, 4.69) is 5.32 Å². The first kappa shape index (κ1) is 22.7. The number of carbonyl (C=O) groups is 1. The van der Waals surface area contributed by atoms with Gasteiger partial charge in [0.2, 0.25) is 0 Å². The Morgan fingerprint density at radius 1 is 1.07 bits per heavy atom. The van der Waals surface area contributed by atoms with Crippen LogP contribution >= 0.6 is 12.4 Å². The number of hydrogen-bond acceptors (Lipinski definition) is 4. The largest absolute Gasteiger partial charge is 0.493 e. The van der Waals surface area contributed by atoms with Crippen molar-refractivity contribution in [3.8, 4) is 11.5 Å². The molecule has 8 heteroatoms. The Bertz CT molecular complexity index is 742. The molecule has 0 saturated heterocycles. The van der Waals surface area contributed by atoms with Gasteiger partial charge in [0.15, 0.2) is 11.6 Å². The molecule has 0 aromatic heterocycles. The lowest BCUT2D eigenvalue weighted by atomic mass is 10.0. The minimum absolute atomic E-state index is 0. The van der Waals surface area contributed by atoms with Crippen molar-refractivity contribution in [1.29, 1.82) is 0 Å². The van der Waals surface area contributed by atoms with Crippen LogP contribution in [0.5, 0.6) is 11.5 Å². The summed E-state index contributed by atoms with van der Waals surface area (Å²) < 4.78 is 36.7. The molecule has 0 aliphatic carbocycles. The second-order valence-electron chi connectivity index (χ2n) is 5.89. The number of carbonyl (C=O) groups excluding carboxylic acids is 1. The van der Waals surface area contributed by atoms with E-state index in [4.69, 9.17) is 9.47 Å². The molecule has 1 N–H and O–H groups in total. The standard InChI is InChI=1S/C19H22F2N2O3.ClH/c1-22-18(10-11-25-15-8-9-16(20)17(21)12-15)13-4-6-14(7-5-13)26-19(24)23(2)3;/h4-9,12,18,22H,10-11H2,1-3H3;1H. The van der Waals surface area contributed by atoms with Gasteiger partial charge in [0, 0.05) is 32.6 Å². The van der Waals surface area contributed by atoms with E-state index < -0.39 is 17.7 Å². The summed E-state index contributed by atoms with van der Waals surface area (Å²) in [5, 5.41) is 3.17. The minimum Gasteiger partial charge on any atom is -0.493 e. The van der Waals surface area contributed by atoms with E-state index in [9.17, 15) is 13.6 Å². The van der Waals surface area contributed by atoms with Crippen LogP contribution in [0, 0.1) is 11.6 Å². The zero-order chi connectivity index (χ0) is 19.1. The Hall–Kier alpha value is -2.38. The average molecular weight is 401 g/mol. The Kier molecular flexibility index (Phi) is 8.97. The molecule has 0 heterocycles. The van der Waals surface area contributed by atoms with Crippen LogP contribution < -0.4 is 14.8 Å². The third-order valence-corrected chi connectivity index (χ3v) is 3.77. The van der Waals surface area contributed by atoms with Crippen LogP contribution in [0.3, 0.4) is 0 Å². The van der Waals surface area contributed by atoms with Gasteiger partial charge in [-0.3, -0.25) is 0 Å². The molecule has 0 bridgehead atoms. The molecule has 1 atom stereocenters. The summed E-state index contributed by atoms with van der Waals surface area (Å²) in [4.78, 5) is 12.9. The summed E-state index contributed by atoms with van der Waals surface area (Å²) in [5.74, 6) is -1.10. The van der Waals surface area contributed by atoms with Crippen molar-refractivity contribution in [3.63, 3.8) is 0 Å². The van der Waals surface area contributed by atoms with Crippen LogP contribution in [0.2, 0.25) is 0 Å². The fourth-order valence-electron chi connectivity index (χ4n) is 2.30. The summed E-state index contributed by atoms with van der Waals surface area (Å²) in [6, 6.07) is 10.6. The van der Waals surface area contributed by atoms with Gasteiger partial charge >= 0.3 is 6.09 Å². The van der Waals surface area contributed by atoms with E-state index in [0.29, 0.717) is 18.8 Å². The maximum absolute atomic E-state index is 13.2. The van der Waals surface area contributed by atoms with Gasteiger partial charge in [-0.1, -0.05) is 12.1 Å². The van der Waals surface area contributed by atoms with E-state index in [1.807, 2.05) is 19.2 Å². The van der Waals surface area contributed by atoms with Crippen LogP contribution in [0.25, 0.3) is 0 Å². The number of rotatable bonds is 7. The van der Waals surface area contributed by atoms with E-state index >= 15 is 0 Å². The van der Waals surface area contributed by atoms with Gasteiger partial charge in [0.05, 0.1) is 6.61 Å². The van der Waals surface area contributed by atoms with Crippen LogP contribution in [-0.2, 0) is 0 Å². The quantitative estimate of drug-likeness (QED) is 0.757. The van der Waals surface area contributed by atoms with Crippen molar-refractivity contribution in [2.24, 2.45) is 0 Å². The molecule has 2 rings (SSSR count). The fourth-order valence-corrected chi connectivity index (χ4v) is 2.30. The Morgan fingerprint density at radius 2 is 1.70 bits per heavy atom. The normalized spacial score (nSPS) is 11.3. The van der Waals surface area contributed by atoms with Crippen LogP contribution in [-0.4, -0.2) is 38.7 Å². The number of halogens is 3. The van der Waals surface area contributed by atoms with Crippen molar-refractivity contribution in [3.05, 3.63) is 59.7 Å². The predicted octanol–water partition coefficient (Wildman–Crippen LogP) is 4.18. The molecule has 0 radical (unpaired) electrons. The van der Waals surface area contributed by atoms with Gasteiger partial charge in [-0.05, 0) is 36.9 Å². The van der Waals surface area contributed by atoms with Crippen molar-refractivity contribution < 1.29 is 23.0 Å². The molecule has 1 unspecified atom stereocenters. The molecule has 2 aromatic rings. The lowest BCUT2D eigenvalue weighted by molar-refractivity contribution is 0.172. The Balaban J connectivity index is 0.00000364. The smallest absolute Gasteiger partial charge is 0.414 e. The first-order chi connectivity index (χ1) is 12.4. The van der Waals surface area contributed by atoms with Crippen molar-refractivity contribution in [2.75, 3.05) is 27.7 Å². The highest BCUT2D eigenvalue weighted by molar-refractivity contribution is 5.85. The molecule has 27 heavy (non-hydrogen) atoms. The number of amides is 1. The lowest BCUT2D eigenvalue weighted by Gasteiger charge is -2.18. The zero-order valence-corrected chi connectivity index (χ0v) is 16.2. The molecule has 5 nitrogen and oxygen atoms in total. The molecule has 0 spiro atoms. The SMILES string of the molecule is CNC(CCOc1ccc(F)c(F)c1)c1ccc(OC(=O)N(C)C)cc1.Cl. The fraction of sp³-hybridized carbons (Fsp3) is 0.316. The molecular formula is C19H23ClF2N2O3. The minimum atomic E-state index is -0.935. The van der Waals surface area contributed by atoms with E-state index in [1.165, 1.54) is 11.0 Å². The maximum atomic E-state index is 13.2. The van der Waals surface area contributed by atoms with Gasteiger partial charge in [0.25, 0.3) is 0 Å². The topological polar surface area (TPSA) is 50.8 Å². The average Bonchev–Trinajstić information content (AvgIpc) is 2.62. The number of hydrogen-bond donors (Lipinski definition) is 1. The molecule has 1 amide bonds. The number of nitrogens with zero attached hydrogens (tertiary/aromatic N) is 1. The molecule has 0 fully saturated rings. The van der Waals surface area contributed by atoms with Crippen molar-refractivity contribution in [2.45, 2.75) is 12.5 Å². The first-order valence-electron chi connectivity index (χ1n) is 8.15. The van der Waals surface area contributed by atoms with Crippen molar-refractivity contribution in [1.82, 2.24) is 10.2 Å². The number of ether oxygens (including phenoxy) is 2. The van der Waals surface area contributed by atoms with Gasteiger partial charge < -0.3 is 19.7 Å². The van der Waals surface area contributed by atoms with E-state index in [1.54, 1.807) is 26.2 Å². The molecule has 2 aromatic carbocycles. The molecule has 0 aliphatic heterocycles. The van der Waals surface area contributed by atoms with Crippen LogP contribution in [0.4, 0.5) is 13.6 Å². The third kappa shape index (κ3) is 6.69. The van der Waals surface area contributed by atoms with Gasteiger partial charge in [0.1, 0.15) is 11.5 Å². The molecule has 0 aliphatic rings. The molecular weight excluding hydrogens is 378 g/mol. The number of benzene rings is 2. The van der Waals surface area contributed by atoms with Gasteiger partial charge in [-0.15, -0.1) is 12.4 Å². The summed E-state index contributed by atoms with van der Waals surface area (Å²) in [6.45, 7) is 0.327. The van der Waals surface area contributed by atoms with Gasteiger partial charge in [-0.25, -0.2) is 13.6 Å². The maximum Gasteiger partial charge on any atom is 0.414 e. The highest BCUT2D eigenvalue weighted by atomic mass is 35.5. The lowest BCUT2D eigenvalue weighted by Crippen LogP contribution is -2.25. The predicted molar refractivity (Wildman–Crippen MR) is 102 cm³/mol. The summed E-state index contributed by atoms with van der Waals surface area (Å²) in [7, 11) is 5.05. The van der Waals surface area contributed by atoms with Crippen LogP contribution in [0.1, 0.15) is 18.0 Å². The summed E-state index contributed by atoms with van der Waals surface area (Å²) in [6.07, 6.45) is 0.176. The summed E-state index contributed by atoms with van der Waals surface area (Å²) in [5.41, 5.74) is 0.992. The number of nitrogens with one attached hydrogen (secondary N) is 1. The molecule has 0 saturated carbocycles. The highest BCUT2D eigenvalue weighted by Crippen LogP contribution is 2.22. The first-order valence-corrected chi connectivity index (χ1v) is 8.15. The highest BCUT2D eigenvalue weighted by Gasteiger charge is 2.12. The van der Waals surface area contributed by atoms with Crippen LogP contribution in [0.15, 0.2) is 42.5 Å². The van der Waals surface area contributed by atoms with Gasteiger partial charge in [-0.2, -0.15) is 0 Å². The van der Waals surface area contributed by atoms with Crippen molar-refractivity contribution >= 4 is 18.5 Å². The van der Waals surface area contributed by atoms with E-state index in [0.717, 1.165) is 17.7 Å². The van der Waals surface area contributed by atoms with E-state index in [-0.39, 0.29) is 24.2 Å². The Morgan fingerprint density at radius 3 is 2.26 bits per heavy atom.